The lowest BCUT2D eigenvalue weighted by molar-refractivity contribution is -0.0257. The van der Waals surface area contributed by atoms with Gasteiger partial charge in [-0.25, -0.2) is 0 Å². The van der Waals surface area contributed by atoms with Crippen LogP contribution in [0.4, 0.5) is 0 Å². The van der Waals surface area contributed by atoms with Crippen molar-refractivity contribution in [3.8, 4) is 0 Å². The minimum absolute atomic E-state index is 0. The molecule has 1 aliphatic carbocycles. The molecule has 1 aliphatic rings. The van der Waals surface area contributed by atoms with Gasteiger partial charge in [-0.3, -0.25) is 0 Å². The van der Waals surface area contributed by atoms with Gasteiger partial charge in [0.25, 0.3) is 0 Å². The Bertz CT molecular complexity index is 134. The van der Waals surface area contributed by atoms with Gasteiger partial charge in [-0.15, -0.1) is 12.4 Å². The molecule has 2 heteroatoms. The Morgan fingerprint density at radius 3 is 2.25 bits per heavy atom. The van der Waals surface area contributed by atoms with Crippen LogP contribution in [-0.2, 0) is 0 Å². The zero-order valence-electron chi connectivity index (χ0n) is 8.47. The molecule has 74 valence electrons. The van der Waals surface area contributed by atoms with Crippen molar-refractivity contribution in [1.29, 1.82) is 0 Å². The van der Waals surface area contributed by atoms with Crippen LogP contribution in [0.2, 0.25) is 0 Å². The van der Waals surface area contributed by atoms with E-state index in [9.17, 15) is 0 Å². The lowest BCUT2D eigenvalue weighted by Gasteiger charge is -2.52. The van der Waals surface area contributed by atoms with Crippen LogP contribution in [0.1, 0.15) is 40.0 Å². The van der Waals surface area contributed by atoms with E-state index in [1.54, 1.807) is 0 Å². The minimum Gasteiger partial charge on any atom is -0.330 e. The molecule has 2 N–H and O–H groups in total. The third-order valence-electron chi connectivity index (χ3n) is 3.68. The Balaban J connectivity index is 0.00000121. The number of hydrogen-bond donors (Lipinski definition) is 1. The number of nitrogens with two attached hydrogens (primary N) is 1. The molecule has 0 spiro atoms. The first-order chi connectivity index (χ1) is 5.12. The van der Waals surface area contributed by atoms with Gasteiger partial charge in [0.15, 0.2) is 0 Å². The van der Waals surface area contributed by atoms with E-state index in [2.05, 4.69) is 20.8 Å². The zero-order chi connectivity index (χ0) is 8.48. The monoisotopic (exact) mass is 191 g/mol. The summed E-state index contributed by atoms with van der Waals surface area (Å²) >= 11 is 0. The molecule has 0 aromatic heterocycles. The van der Waals surface area contributed by atoms with E-state index in [0.29, 0.717) is 5.41 Å². The lowest BCUT2D eigenvalue weighted by Crippen LogP contribution is -2.45. The van der Waals surface area contributed by atoms with Gasteiger partial charge in [0, 0.05) is 0 Å². The van der Waals surface area contributed by atoms with E-state index in [0.717, 1.165) is 18.4 Å². The molecule has 0 aromatic rings. The highest BCUT2D eigenvalue weighted by molar-refractivity contribution is 5.85. The number of hydrogen-bond acceptors (Lipinski definition) is 1. The van der Waals surface area contributed by atoms with E-state index in [4.69, 9.17) is 5.73 Å². The van der Waals surface area contributed by atoms with E-state index in [-0.39, 0.29) is 12.4 Å². The number of halogens is 1. The molecule has 2 unspecified atom stereocenters. The molecule has 0 heterocycles. The summed E-state index contributed by atoms with van der Waals surface area (Å²) in [6.07, 6.45) is 3.98. The van der Waals surface area contributed by atoms with Crippen molar-refractivity contribution in [2.45, 2.75) is 40.0 Å². The average Bonchev–Trinajstić information content (AvgIpc) is 1.97. The highest BCUT2D eigenvalue weighted by atomic mass is 35.5. The van der Waals surface area contributed by atoms with Gasteiger partial charge in [-0.2, -0.15) is 0 Å². The maximum atomic E-state index is 5.55. The highest BCUT2D eigenvalue weighted by Gasteiger charge is 2.45. The van der Waals surface area contributed by atoms with Gasteiger partial charge in [-0.05, 0) is 36.6 Å². The molecule has 1 nitrogen and oxygen atoms in total. The quantitative estimate of drug-likeness (QED) is 0.730. The summed E-state index contributed by atoms with van der Waals surface area (Å²) in [4.78, 5) is 0. The summed E-state index contributed by atoms with van der Waals surface area (Å²) in [6.45, 7) is 7.95. The normalized spacial score (nSPS) is 32.0. The predicted molar refractivity (Wildman–Crippen MR) is 56.6 cm³/mol. The van der Waals surface area contributed by atoms with Gasteiger partial charge in [-0.1, -0.05) is 27.2 Å². The fourth-order valence-electron chi connectivity index (χ4n) is 2.51. The molecular weight excluding hydrogens is 170 g/mol. The first kappa shape index (κ1) is 12.2. The van der Waals surface area contributed by atoms with Crippen molar-refractivity contribution in [2.75, 3.05) is 6.54 Å². The number of rotatable bonds is 3. The van der Waals surface area contributed by atoms with Crippen molar-refractivity contribution >= 4 is 12.4 Å². The van der Waals surface area contributed by atoms with Gasteiger partial charge >= 0.3 is 0 Å². The molecule has 12 heavy (non-hydrogen) atoms. The van der Waals surface area contributed by atoms with Crippen LogP contribution in [0, 0.1) is 17.3 Å². The summed E-state index contributed by atoms with van der Waals surface area (Å²) in [7, 11) is 0. The SMILES string of the molecule is CCC1CC(CCN)C1(C)C.Cl. The zero-order valence-corrected chi connectivity index (χ0v) is 9.29. The van der Waals surface area contributed by atoms with Crippen molar-refractivity contribution in [1.82, 2.24) is 0 Å². The second-order valence-electron chi connectivity index (χ2n) is 4.44. The van der Waals surface area contributed by atoms with Crippen molar-refractivity contribution < 1.29 is 0 Å². The van der Waals surface area contributed by atoms with Crippen LogP contribution >= 0.6 is 12.4 Å². The topological polar surface area (TPSA) is 26.0 Å². The lowest BCUT2D eigenvalue weighted by atomic mass is 9.53. The molecule has 0 bridgehead atoms. The van der Waals surface area contributed by atoms with E-state index in [1.807, 2.05) is 0 Å². The van der Waals surface area contributed by atoms with E-state index < -0.39 is 0 Å². The third kappa shape index (κ3) is 1.94. The average molecular weight is 192 g/mol. The molecule has 2 atom stereocenters. The molecule has 0 radical (unpaired) electrons. The summed E-state index contributed by atoms with van der Waals surface area (Å²) in [6, 6.07) is 0. The second-order valence-corrected chi connectivity index (χ2v) is 4.44. The van der Waals surface area contributed by atoms with Crippen molar-refractivity contribution in [3.63, 3.8) is 0 Å². The van der Waals surface area contributed by atoms with E-state index >= 15 is 0 Å². The van der Waals surface area contributed by atoms with Crippen LogP contribution in [0.25, 0.3) is 0 Å². The molecular formula is C10H22ClN. The first-order valence-electron chi connectivity index (χ1n) is 4.83. The van der Waals surface area contributed by atoms with Gasteiger partial charge < -0.3 is 5.73 Å². The fraction of sp³-hybridized carbons (Fsp3) is 1.00. The smallest absolute Gasteiger partial charge is 0.00744 e. The van der Waals surface area contributed by atoms with Crippen LogP contribution < -0.4 is 5.73 Å². The van der Waals surface area contributed by atoms with Gasteiger partial charge in [0.05, 0.1) is 0 Å². The molecule has 1 rings (SSSR count). The first-order valence-corrected chi connectivity index (χ1v) is 4.83. The molecule has 0 amide bonds. The molecule has 1 fully saturated rings. The predicted octanol–water partition coefficient (Wildman–Crippen LogP) is 2.83. The van der Waals surface area contributed by atoms with E-state index in [1.165, 1.54) is 19.3 Å². The standard InChI is InChI=1S/C10H21N.ClH/c1-4-8-7-9(5-6-11)10(8,2)3;/h8-9H,4-7,11H2,1-3H3;1H. The summed E-state index contributed by atoms with van der Waals surface area (Å²) < 4.78 is 0. The molecule has 1 saturated carbocycles. The van der Waals surface area contributed by atoms with Crippen molar-refractivity contribution in [2.24, 2.45) is 23.0 Å². The molecule has 0 saturated heterocycles. The third-order valence-corrected chi connectivity index (χ3v) is 3.68. The van der Waals surface area contributed by atoms with Gasteiger partial charge in [0.2, 0.25) is 0 Å². The molecule has 0 aromatic carbocycles. The van der Waals surface area contributed by atoms with Crippen LogP contribution in [0.5, 0.6) is 0 Å². The van der Waals surface area contributed by atoms with Gasteiger partial charge in [0.1, 0.15) is 0 Å². The van der Waals surface area contributed by atoms with Crippen molar-refractivity contribution in [3.05, 3.63) is 0 Å². The van der Waals surface area contributed by atoms with Crippen LogP contribution in [0.3, 0.4) is 0 Å². The highest BCUT2D eigenvalue weighted by Crippen LogP contribution is 2.53. The minimum atomic E-state index is 0. The Kier molecular flexibility index (Phi) is 4.57. The summed E-state index contributed by atoms with van der Waals surface area (Å²) in [5.74, 6) is 1.86. The summed E-state index contributed by atoms with van der Waals surface area (Å²) in [5.41, 5.74) is 6.12. The maximum Gasteiger partial charge on any atom is -0.00744 e. The Morgan fingerprint density at radius 1 is 1.33 bits per heavy atom. The Labute approximate surface area is 82.5 Å². The largest absolute Gasteiger partial charge is 0.330 e. The maximum absolute atomic E-state index is 5.55. The Hall–Kier alpha value is 0.250. The Morgan fingerprint density at radius 2 is 1.92 bits per heavy atom. The van der Waals surface area contributed by atoms with Crippen LogP contribution in [-0.4, -0.2) is 6.54 Å². The summed E-state index contributed by atoms with van der Waals surface area (Å²) in [5, 5.41) is 0. The van der Waals surface area contributed by atoms with Crippen LogP contribution in [0.15, 0.2) is 0 Å². The molecule has 0 aliphatic heterocycles. The fourth-order valence-corrected chi connectivity index (χ4v) is 2.51. The second kappa shape index (κ2) is 4.48.